The van der Waals surface area contributed by atoms with Crippen LogP contribution in [0, 0.1) is 11.8 Å². The van der Waals surface area contributed by atoms with Crippen molar-refractivity contribution < 1.29 is 13.5 Å². The van der Waals surface area contributed by atoms with E-state index in [9.17, 15) is 0 Å². The second kappa shape index (κ2) is 12.0. The fourth-order valence-electron chi connectivity index (χ4n) is 6.41. The van der Waals surface area contributed by atoms with Crippen LogP contribution >= 0.6 is 0 Å². The van der Waals surface area contributed by atoms with Gasteiger partial charge in [0.05, 0.1) is 28.0 Å². The van der Waals surface area contributed by atoms with E-state index in [-0.39, 0.29) is 16.9 Å². The van der Waals surface area contributed by atoms with Gasteiger partial charge < -0.3 is 4.74 Å². The monoisotopic (exact) mass is 654 g/mol. The first kappa shape index (κ1) is 32.3. The van der Waals surface area contributed by atoms with Gasteiger partial charge in [0.15, 0.2) is 0 Å². The van der Waals surface area contributed by atoms with E-state index in [0.717, 1.165) is 45.2 Å². The molecule has 0 aliphatic rings. The molecule has 0 radical (unpaired) electrons. The summed E-state index contributed by atoms with van der Waals surface area (Å²) in [7, 11) is 0. The van der Waals surface area contributed by atoms with Gasteiger partial charge in [0, 0.05) is 40.6 Å². The fourth-order valence-corrected chi connectivity index (χ4v) is 6.41. The molecule has 49 heavy (non-hydrogen) atoms. The number of hydrogen-bond donors (Lipinski definition) is 0. The van der Waals surface area contributed by atoms with Crippen LogP contribution in [0.15, 0.2) is 103 Å². The maximum absolute atomic E-state index is 16.5. The summed E-state index contributed by atoms with van der Waals surface area (Å²) in [6.45, 7) is 14.5. The van der Waals surface area contributed by atoms with Gasteiger partial charge in [-0.1, -0.05) is 90.9 Å². The first-order valence-corrected chi connectivity index (χ1v) is 16.7. The second-order valence-corrected chi connectivity index (χ2v) is 14.7. The molecule has 0 spiro atoms. The van der Waals surface area contributed by atoms with Crippen LogP contribution in [0.2, 0.25) is 0 Å². The number of rotatable bonds is 6. The highest BCUT2D eigenvalue weighted by Gasteiger charge is 2.29. The molecule has 0 atom stereocenters. The summed E-state index contributed by atoms with van der Waals surface area (Å²) < 4.78 is 41.3. The quantitative estimate of drug-likeness (QED) is 0.179. The highest BCUT2D eigenvalue weighted by atomic mass is 19.1. The van der Waals surface area contributed by atoms with Gasteiger partial charge in [0.1, 0.15) is 23.1 Å². The van der Waals surface area contributed by atoms with Crippen molar-refractivity contribution in [2.45, 2.75) is 65.7 Å². The zero-order valence-electron chi connectivity index (χ0n) is 29.0. The number of halogens is 2. The standard InChI is InChI=1S/C42H40F2N4O/c1-8-26-19-20-45-37(21-26)47-35-12-10-9-11-33(35)34-18-17-31(25-36(34)47)49-32-23-29(43)22-30(24-32)48-40(44)38(39(46-48)42(5,6)7)27-13-15-28(16-14-27)41(2,3)4/h9-25H,8H2,1-7H3. The molecule has 0 N–H and O–H groups in total. The summed E-state index contributed by atoms with van der Waals surface area (Å²) in [5.74, 6) is 0.426. The lowest BCUT2D eigenvalue weighted by molar-refractivity contribution is 0.474. The average molecular weight is 655 g/mol. The molecule has 0 aliphatic heterocycles. The van der Waals surface area contributed by atoms with Crippen molar-refractivity contribution in [1.82, 2.24) is 19.3 Å². The van der Waals surface area contributed by atoms with Gasteiger partial charge >= 0.3 is 0 Å². The first-order valence-electron chi connectivity index (χ1n) is 16.7. The molecule has 0 saturated heterocycles. The Morgan fingerprint density at radius 1 is 0.714 bits per heavy atom. The third-order valence-corrected chi connectivity index (χ3v) is 9.01. The van der Waals surface area contributed by atoms with E-state index in [4.69, 9.17) is 14.8 Å². The molecule has 7 heteroatoms. The minimum atomic E-state index is -0.563. The van der Waals surface area contributed by atoms with Crippen molar-refractivity contribution in [3.63, 3.8) is 0 Å². The molecule has 248 valence electrons. The van der Waals surface area contributed by atoms with E-state index < -0.39 is 17.2 Å². The van der Waals surface area contributed by atoms with E-state index >= 15 is 8.78 Å². The van der Waals surface area contributed by atoms with Crippen LogP contribution in [-0.2, 0) is 17.3 Å². The molecular weight excluding hydrogens is 614 g/mol. The molecule has 0 amide bonds. The molecule has 3 heterocycles. The Morgan fingerprint density at radius 2 is 1.45 bits per heavy atom. The molecule has 5 nitrogen and oxygen atoms in total. The first-order chi connectivity index (χ1) is 23.3. The Balaban J connectivity index is 1.30. The lowest BCUT2D eigenvalue weighted by Gasteiger charge is -2.20. The lowest BCUT2D eigenvalue weighted by atomic mass is 9.84. The van der Waals surface area contributed by atoms with Crippen molar-refractivity contribution in [3.05, 3.63) is 132 Å². The van der Waals surface area contributed by atoms with Gasteiger partial charge in [0.2, 0.25) is 5.95 Å². The van der Waals surface area contributed by atoms with E-state index in [1.54, 1.807) is 6.07 Å². The van der Waals surface area contributed by atoms with Gasteiger partial charge in [-0.25, -0.2) is 14.1 Å². The Bertz CT molecular complexity index is 2340. The summed E-state index contributed by atoms with van der Waals surface area (Å²) in [5, 5.41) is 6.86. The van der Waals surface area contributed by atoms with Crippen molar-refractivity contribution in [3.8, 4) is 34.1 Å². The van der Waals surface area contributed by atoms with Crippen LogP contribution in [0.25, 0.3) is 44.4 Å². The van der Waals surface area contributed by atoms with Gasteiger partial charge in [-0.15, -0.1) is 0 Å². The highest BCUT2D eigenvalue weighted by molar-refractivity contribution is 6.09. The summed E-state index contributed by atoms with van der Waals surface area (Å²) >= 11 is 0. The number of para-hydroxylation sites is 1. The molecule has 0 fully saturated rings. The molecule has 0 saturated carbocycles. The summed E-state index contributed by atoms with van der Waals surface area (Å²) in [4.78, 5) is 4.70. The predicted molar refractivity (Wildman–Crippen MR) is 194 cm³/mol. The number of hydrogen-bond acceptors (Lipinski definition) is 3. The topological polar surface area (TPSA) is 44.9 Å². The number of aromatic nitrogens is 4. The number of pyridine rings is 1. The number of aryl methyl sites for hydroxylation is 1. The smallest absolute Gasteiger partial charge is 0.224 e. The molecule has 0 bridgehead atoms. The molecule has 7 rings (SSSR count). The van der Waals surface area contributed by atoms with Crippen molar-refractivity contribution in [1.29, 1.82) is 0 Å². The minimum absolute atomic E-state index is 0.0375. The van der Waals surface area contributed by atoms with Gasteiger partial charge in [-0.3, -0.25) is 4.57 Å². The Morgan fingerprint density at radius 3 is 2.16 bits per heavy atom. The van der Waals surface area contributed by atoms with Crippen LogP contribution in [0.1, 0.15) is 65.3 Å². The molecular formula is C42H40F2N4O. The predicted octanol–water partition coefficient (Wildman–Crippen LogP) is 11.3. The number of benzene rings is 4. The highest BCUT2D eigenvalue weighted by Crippen LogP contribution is 2.38. The number of nitrogens with zero attached hydrogens (tertiary/aromatic N) is 4. The van der Waals surface area contributed by atoms with E-state index in [0.29, 0.717) is 17.0 Å². The van der Waals surface area contributed by atoms with Crippen molar-refractivity contribution in [2.24, 2.45) is 0 Å². The largest absolute Gasteiger partial charge is 0.457 e. The third-order valence-electron chi connectivity index (χ3n) is 9.01. The SMILES string of the molecule is CCc1ccnc(-n2c3ccccc3c3ccc(Oc4cc(F)cc(-n5nc(C(C)(C)C)c(-c6ccc(C(C)(C)C)cc6)c5F)c4)cc32)c1. The van der Waals surface area contributed by atoms with Gasteiger partial charge in [0.25, 0.3) is 0 Å². The molecule has 3 aromatic heterocycles. The normalized spacial score (nSPS) is 12.3. The molecule has 7 aromatic rings. The maximum atomic E-state index is 16.5. The minimum Gasteiger partial charge on any atom is -0.457 e. The maximum Gasteiger partial charge on any atom is 0.224 e. The second-order valence-electron chi connectivity index (χ2n) is 14.7. The van der Waals surface area contributed by atoms with Crippen molar-refractivity contribution in [2.75, 3.05) is 0 Å². The van der Waals surface area contributed by atoms with Crippen LogP contribution in [0.5, 0.6) is 11.5 Å². The zero-order valence-corrected chi connectivity index (χ0v) is 29.0. The summed E-state index contributed by atoms with van der Waals surface area (Å²) in [6, 6.07) is 30.2. The van der Waals surface area contributed by atoms with E-state index in [1.807, 2.05) is 87.6 Å². The Hall–Kier alpha value is -5.30. The third kappa shape index (κ3) is 5.99. The molecule has 0 aliphatic carbocycles. The average Bonchev–Trinajstić information content (AvgIpc) is 3.59. The number of ether oxygens (including phenoxy) is 1. The zero-order chi connectivity index (χ0) is 34.7. The van der Waals surface area contributed by atoms with Crippen LogP contribution < -0.4 is 4.74 Å². The van der Waals surface area contributed by atoms with Crippen LogP contribution in [0.3, 0.4) is 0 Å². The van der Waals surface area contributed by atoms with E-state index in [1.165, 1.54) is 22.4 Å². The summed E-state index contributed by atoms with van der Waals surface area (Å²) in [6.07, 6.45) is 2.72. The van der Waals surface area contributed by atoms with Crippen molar-refractivity contribution >= 4 is 21.8 Å². The Labute approximate surface area is 285 Å². The molecule has 4 aromatic carbocycles. The number of fused-ring (bicyclic) bond motifs is 3. The molecule has 0 unspecified atom stereocenters. The van der Waals surface area contributed by atoms with Crippen LogP contribution in [-0.4, -0.2) is 19.3 Å². The lowest BCUT2D eigenvalue weighted by Crippen LogP contribution is -2.14. The van der Waals surface area contributed by atoms with Gasteiger partial charge in [-0.2, -0.15) is 9.49 Å². The summed E-state index contributed by atoms with van der Waals surface area (Å²) in [5.41, 5.74) is 5.68. The van der Waals surface area contributed by atoms with Gasteiger partial charge in [-0.05, 0) is 64.9 Å². The van der Waals surface area contributed by atoms with E-state index in [2.05, 4.69) is 50.5 Å². The van der Waals surface area contributed by atoms with Crippen LogP contribution in [0.4, 0.5) is 8.78 Å². The Kier molecular flexibility index (Phi) is 7.89. The fraction of sp³-hybridized carbons (Fsp3) is 0.238.